The Labute approximate surface area is 105 Å². The van der Waals surface area contributed by atoms with E-state index in [1.165, 1.54) is 0 Å². The van der Waals surface area contributed by atoms with Crippen LogP contribution >= 0.6 is 0 Å². The molecule has 1 atom stereocenters. The molecule has 17 heavy (non-hydrogen) atoms. The summed E-state index contributed by atoms with van der Waals surface area (Å²) in [6.45, 7) is 7.30. The number of nitrogens with one attached hydrogen (secondary N) is 1. The minimum absolute atomic E-state index is 0.0615. The minimum atomic E-state index is -0.0615. The molecule has 0 radical (unpaired) electrons. The average molecular weight is 230 g/mol. The summed E-state index contributed by atoms with van der Waals surface area (Å²) in [6.07, 6.45) is 2.16. The topological polar surface area (TPSA) is 35.8 Å². The van der Waals surface area contributed by atoms with Gasteiger partial charge in [0.1, 0.15) is 0 Å². The highest BCUT2D eigenvalue weighted by Crippen LogP contribution is 2.18. The van der Waals surface area contributed by atoms with Crippen molar-refractivity contribution < 1.29 is 0 Å². The molecule has 0 heterocycles. The fourth-order valence-corrected chi connectivity index (χ4v) is 1.77. The van der Waals surface area contributed by atoms with Gasteiger partial charge < -0.3 is 5.32 Å². The Hall–Kier alpha value is -1.33. The van der Waals surface area contributed by atoms with Gasteiger partial charge in [0.2, 0.25) is 0 Å². The summed E-state index contributed by atoms with van der Waals surface area (Å²) in [5.74, 6) is -0.0615. The molecule has 2 heteroatoms. The second-order valence-corrected chi connectivity index (χ2v) is 4.74. The quantitative estimate of drug-likeness (QED) is 0.812. The first-order chi connectivity index (χ1) is 8.15. The second kappa shape index (κ2) is 6.42. The molecular formula is C15H22N2. The number of hydrogen-bond acceptors (Lipinski definition) is 2. The van der Waals surface area contributed by atoms with E-state index in [-0.39, 0.29) is 11.5 Å². The fourth-order valence-electron chi connectivity index (χ4n) is 1.77. The van der Waals surface area contributed by atoms with Crippen molar-refractivity contribution >= 4 is 0 Å². The Kier molecular flexibility index (Phi) is 5.18. The fraction of sp³-hybridized carbons (Fsp3) is 0.533. The van der Waals surface area contributed by atoms with Crippen LogP contribution in [0.25, 0.3) is 0 Å². The van der Waals surface area contributed by atoms with Crippen molar-refractivity contribution in [2.45, 2.75) is 45.1 Å². The molecule has 0 aliphatic rings. The molecule has 92 valence electrons. The van der Waals surface area contributed by atoms with Gasteiger partial charge in [0.25, 0.3) is 0 Å². The summed E-state index contributed by atoms with van der Waals surface area (Å²) < 4.78 is 0. The van der Waals surface area contributed by atoms with E-state index >= 15 is 0 Å². The number of benzene rings is 1. The molecule has 0 saturated carbocycles. The first kappa shape index (κ1) is 13.7. The second-order valence-electron chi connectivity index (χ2n) is 4.74. The first-order valence-corrected chi connectivity index (χ1v) is 6.34. The predicted octanol–water partition coefficient (Wildman–Crippen LogP) is 3.46. The highest BCUT2D eigenvalue weighted by atomic mass is 15.0. The van der Waals surface area contributed by atoms with Gasteiger partial charge in [0, 0.05) is 12.1 Å². The molecule has 1 N–H and O–H groups in total. The molecule has 1 unspecified atom stereocenters. The standard InChI is InChI=1S/C15H22N2/c1-4-15(3,5-2)17-12-14(11-16)13-9-7-6-8-10-13/h6-10,14,17H,4-5,12H2,1-3H3. The van der Waals surface area contributed by atoms with Crippen molar-refractivity contribution in [3.63, 3.8) is 0 Å². The van der Waals surface area contributed by atoms with Crippen molar-refractivity contribution in [1.82, 2.24) is 5.32 Å². The lowest BCUT2D eigenvalue weighted by molar-refractivity contribution is 0.329. The first-order valence-electron chi connectivity index (χ1n) is 6.34. The summed E-state index contributed by atoms with van der Waals surface area (Å²) >= 11 is 0. The summed E-state index contributed by atoms with van der Waals surface area (Å²) in [5, 5.41) is 12.8. The Morgan fingerprint density at radius 2 is 1.82 bits per heavy atom. The van der Waals surface area contributed by atoms with Crippen LogP contribution in [0.2, 0.25) is 0 Å². The zero-order valence-electron chi connectivity index (χ0n) is 11.0. The number of nitriles is 1. The van der Waals surface area contributed by atoms with Crippen LogP contribution in [-0.4, -0.2) is 12.1 Å². The zero-order valence-corrected chi connectivity index (χ0v) is 11.0. The Bertz CT molecular complexity index is 360. The van der Waals surface area contributed by atoms with Crippen LogP contribution < -0.4 is 5.32 Å². The van der Waals surface area contributed by atoms with Crippen LogP contribution in [0, 0.1) is 11.3 Å². The molecule has 0 amide bonds. The maximum absolute atomic E-state index is 9.23. The molecule has 0 aliphatic carbocycles. The molecule has 0 aliphatic heterocycles. The lowest BCUT2D eigenvalue weighted by Crippen LogP contribution is -2.43. The Balaban J connectivity index is 2.64. The van der Waals surface area contributed by atoms with Crippen LogP contribution in [0.15, 0.2) is 30.3 Å². The smallest absolute Gasteiger partial charge is 0.0837 e. The molecular weight excluding hydrogens is 208 g/mol. The van der Waals surface area contributed by atoms with Gasteiger partial charge in [-0.3, -0.25) is 0 Å². The Morgan fingerprint density at radius 3 is 2.29 bits per heavy atom. The highest BCUT2D eigenvalue weighted by molar-refractivity contribution is 5.25. The van der Waals surface area contributed by atoms with Crippen molar-refractivity contribution in [3.05, 3.63) is 35.9 Å². The molecule has 2 nitrogen and oxygen atoms in total. The molecule has 0 aromatic heterocycles. The number of hydrogen-bond donors (Lipinski definition) is 1. The predicted molar refractivity (Wildman–Crippen MR) is 71.8 cm³/mol. The van der Waals surface area contributed by atoms with E-state index in [9.17, 15) is 5.26 Å². The van der Waals surface area contributed by atoms with Gasteiger partial charge in [-0.15, -0.1) is 0 Å². The van der Waals surface area contributed by atoms with Gasteiger partial charge in [0.15, 0.2) is 0 Å². The summed E-state index contributed by atoms with van der Waals surface area (Å²) in [4.78, 5) is 0. The summed E-state index contributed by atoms with van der Waals surface area (Å²) in [5.41, 5.74) is 1.24. The summed E-state index contributed by atoms with van der Waals surface area (Å²) in [6, 6.07) is 12.4. The van der Waals surface area contributed by atoms with Crippen LogP contribution in [0.3, 0.4) is 0 Å². The van der Waals surface area contributed by atoms with Crippen molar-refractivity contribution in [3.8, 4) is 6.07 Å². The third kappa shape index (κ3) is 3.87. The monoisotopic (exact) mass is 230 g/mol. The molecule has 0 fully saturated rings. The van der Waals surface area contributed by atoms with Gasteiger partial charge in [0.05, 0.1) is 12.0 Å². The van der Waals surface area contributed by atoms with Crippen LogP contribution in [0.4, 0.5) is 0 Å². The van der Waals surface area contributed by atoms with Crippen molar-refractivity contribution in [2.75, 3.05) is 6.54 Å². The minimum Gasteiger partial charge on any atom is -0.310 e. The van der Waals surface area contributed by atoms with Gasteiger partial charge in [-0.2, -0.15) is 5.26 Å². The van der Waals surface area contributed by atoms with E-state index < -0.39 is 0 Å². The van der Waals surface area contributed by atoms with Crippen molar-refractivity contribution in [1.29, 1.82) is 5.26 Å². The van der Waals surface area contributed by atoms with Gasteiger partial charge in [-0.25, -0.2) is 0 Å². The van der Waals surface area contributed by atoms with E-state index in [4.69, 9.17) is 0 Å². The van der Waals surface area contributed by atoms with E-state index in [0.29, 0.717) is 0 Å². The lowest BCUT2D eigenvalue weighted by atomic mass is 9.93. The van der Waals surface area contributed by atoms with Gasteiger partial charge >= 0.3 is 0 Å². The SMILES string of the molecule is CCC(C)(CC)NCC(C#N)c1ccccc1. The summed E-state index contributed by atoms with van der Waals surface area (Å²) in [7, 11) is 0. The van der Waals surface area contributed by atoms with Gasteiger partial charge in [-0.1, -0.05) is 44.2 Å². The normalized spacial score (nSPS) is 13.1. The maximum Gasteiger partial charge on any atom is 0.0837 e. The highest BCUT2D eigenvalue weighted by Gasteiger charge is 2.20. The average Bonchev–Trinajstić information content (AvgIpc) is 2.40. The van der Waals surface area contributed by atoms with E-state index in [2.05, 4.69) is 32.2 Å². The Morgan fingerprint density at radius 1 is 1.24 bits per heavy atom. The van der Waals surface area contributed by atoms with Crippen LogP contribution in [0.5, 0.6) is 0 Å². The van der Waals surface area contributed by atoms with E-state index in [1.54, 1.807) is 0 Å². The maximum atomic E-state index is 9.23. The lowest BCUT2D eigenvalue weighted by Gasteiger charge is -2.29. The third-order valence-corrected chi connectivity index (χ3v) is 3.65. The van der Waals surface area contributed by atoms with Crippen molar-refractivity contribution in [2.24, 2.45) is 0 Å². The largest absolute Gasteiger partial charge is 0.310 e. The molecule has 1 aromatic rings. The molecule has 0 spiro atoms. The zero-order chi connectivity index (χ0) is 12.7. The van der Waals surface area contributed by atoms with Gasteiger partial charge in [-0.05, 0) is 25.3 Å². The van der Waals surface area contributed by atoms with E-state index in [0.717, 1.165) is 24.9 Å². The molecule has 1 aromatic carbocycles. The molecule has 0 bridgehead atoms. The number of rotatable bonds is 6. The molecule has 0 saturated heterocycles. The van der Waals surface area contributed by atoms with E-state index in [1.807, 2.05) is 30.3 Å². The van der Waals surface area contributed by atoms with Crippen LogP contribution in [-0.2, 0) is 0 Å². The third-order valence-electron chi connectivity index (χ3n) is 3.65. The number of nitrogens with zero attached hydrogens (tertiary/aromatic N) is 1. The van der Waals surface area contributed by atoms with Crippen LogP contribution in [0.1, 0.15) is 45.1 Å². The molecule has 1 rings (SSSR count).